The van der Waals surface area contributed by atoms with Crippen molar-refractivity contribution in [2.24, 2.45) is 5.10 Å². The molecule has 1 aromatic heterocycles. The first-order valence-corrected chi connectivity index (χ1v) is 9.05. The highest BCUT2D eigenvalue weighted by Crippen LogP contribution is 2.26. The van der Waals surface area contributed by atoms with Gasteiger partial charge in [-0.1, -0.05) is 36.4 Å². The SMILES string of the molecule is N#CC(=NNc1ccc(F)cc1)c1nc(-c2ccc3ccccc3c2)cs1. The fourth-order valence-electron chi connectivity index (χ4n) is 2.63. The lowest BCUT2D eigenvalue weighted by Crippen LogP contribution is -2.01. The first-order chi connectivity index (χ1) is 13.2. The molecule has 0 saturated heterocycles. The molecule has 4 nitrogen and oxygen atoms in total. The Hall–Kier alpha value is -3.56. The minimum atomic E-state index is -0.329. The Morgan fingerprint density at radius 3 is 2.59 bits per heavy atom. The summed E-state index contributed by atoms with van der Waals surface area (Å²) in [5.41, 5.74) is 5.31. The molecule has 0 aliphatic rings. The van der Waals surface area contributed by atoms with E-state index >= 15 is 0 Å². The molecule has 0 atom stereocenters. The highest BCUT2D eigenvalue weighted by atomic mass is 32.1. The summed E-state index contributed by atoms with van der Waals surface area (Å²) in [5.74, 6) is -0.329. The van der Waals surface area contributed by atoms with Crippen LogP contribution in [0.4, 0.5) is 10.1 Å². The number of halogens is 1. The van der Waals surface area contributed by atoms with Crippen molar-refractivity contribution < 1.29 is 4.39 Å². The Kier molecular flexibility index (Phi) is 4.60. The van der Waals surface area contributed by atoms with Crippen molar-refractivity contribution in [3.8, 4) is 17.3 Å². The van der Waals surface area contributed by atoms with Crippen LogP contribution in [-0.2, 0) is 0 Å². The lowest BCUT2D eigenvalue weighted by molar-refractivity contribution is 0.628. The van der Waals surface area contributed by atoms with E-state index in [-0.39, 0.29) is 11.5 Å². The van der Waals surface area contributed by atoms with E-state index in [9.17, 15) is 9.65 Å². The summed E-state index contributed by atoms with van der Waals surface area (Å²) in [6, 6.07) is 22.1. The van der Waals surface area contributed by atoms with Crippen LogP contribution in [0.15, 0.2) is 77.2 Å². The predicted octanol–water partition coefficient (Wildman–Crippen LogP) is 5.44. The highest BCUT2D eigenvalue weighted by molar-refractivity contribution is 7.12. The summed E-state index contributed by atoms with van der Waals surface area (Å²) in [7, 11) is 0. The largest absolute Gasteiger partial charge is 0.277 e. The van der Waals surface area contributed by atoms with Crippen LogP contribution in [-0.4, -0.2) is 10.7 Å². The molecular formula is C21H13FN4S. The number of benzene rings is 3. The zero-order valence-corrected chi connectivity index (χ0v) is 14.9. The molecule has 0 aliphatic carbocycles. The van der Waals surface area contributed by atoms with Gasteiger partial charge in [0.2, 0.25) is 0 Å². The van der Waals surface area contributed by atoms with Crippen LogP contribution in [0.25, 0.3) is 22.0 Å². The standard InChI is InChI=1S/C21H13FN4S/c22-17-7-9-18(10-8-17)25-26-19(12-23)21-24-20(13-27-21)16-6-5-14-3-1-2-4-15(14)11-16/h1-11,13,25H. The number of hydrogen-bond acceptors (Lipinski definition) is 5. The van der Waals surface area contributed by atoms with Gasteiger partial charge in [-0.15, -0.1) is 11.3 Å². The third-order valence-corrected chi connectivity index (χ3v) is 4.85. The van der Waals surface area contributed by atoms with Crippen LogP contribution in [0.5, 0.6) is 0 Å². The summed E-state index contributed by atoms with van der Waals surface area (Å²) in [6.07, 6.45) is 0. The number of rotatable bonds is 4. The van der Waals surface area contributed by atoms with E-state index in [1.165, 1.54) is 28.9 Å². The number of nitrogens with one attached hydrogen (secondary N) is 1. The van der Waals surface area contributed by atoms with Crippen LogP contribution in [0.1, 0.15) is 5.01 Å². The van der Waals surface area contributed by atoms with Crippen molar-refractivity contribution in [3.05, 3.63) is 82.9 Å². The maximum absolute atomic E-state index is 13.0. The van der Waals surface area contributed by atoms with Crippen molar-refractivity contribution >= 4 is 33.5 Å². The predicted molar refractivity (Wildman–Crippen MR) is 107 cm³/mol. The Labute approximate surface area is 159 Å². The minimum absolute atomic E-state index is 0.177. The van der Waals surface area contributed by atoms with E-state index in [1.54, 1.807) is 12.1 Å². The second-order valence-electron chi connectivity index (χ2n) is 5.79. The molecule has 0 aliphatic heterocycles. The Balaban J connectivity index is 1.60. The molecule has 130 valence electrons. The summed E-state index contributed by atoms with van der Waals surface area (Å²) in [6.45, 7) is 0. The smallest absolute Gasteiger partial charge is 0.196 e. The molecule has 3 aromatic carbocycles. The molecule has 0 spiro atoms. The topological polar surface area (TPSA) is 61.1 Å². The molecule has 4 aromatic rings. The van der Waals surface area contributed by atoms with Crippen LogP contribution in [0.2, 0.25) is 0 Å². The Morgan fingerprint density at radius 2 is 1.81 bits per heavy atom. The van der Waals surface area contributed by atoms with Gasteiger partial charge < -0.3 is 0 Å². The second kappa shape index (κ2) is 7.36. The lowest BCUT2D eigenvalue weighted by Gasteiger charge is -2.01. The number of nitrogens with zero attached hydrogens (tertiary/aromatic N) is 3. The van der Waals surface area contributed by atoms with Gasteiger partial charge in [-0.05, 0) is 41.1 Å². The maximum atomic E-state index is 13.0. The van der Waals surface area contributed by atoms with E-state index in [0.717, 1.165) is 16.6 Å². The molecular weight excluding hydrogens is 359 g/mol. The molecule has 0 fully saturated rings. The Bertz CT molecular complexity index is 1170. The van der Waals surface area contributed by atoms with Crippen molar-refractivity contribution in [1.82, 2.24) is 4.98 Å². The van der Waals surface area contributed by atoms with E-state index in [2.05, 4.69) is 45.8 Å². The summed E-state index contributed by atoms with van der Waals surface area (Å²) in [4.78, 5) is 4.55. The van der Waals surface area contributed by atoms with Gasteiger partial charge >= 0.3 is 0 Å². The van der Waals surface area contributed by atoms with Crippen LogP contribution in [0.3, 0.4) is 0 Å². The van der Waals surface area contributed by atoms with Crippen molar-refractivity contribution in [3.63, 3.8) is 0 Å². The number of nitriles is 1. The fraction of sp³-hybridized carbons (Fsp3) is 0. The van der Waals surface area contributed by atoms with E-state index < -0.39 is 0 Å². The summed E-state index contributed by atoms with van der Waals surface area (Å²) in [5, 5.41) is 18.2. The quantitative estimate of drug-likeness (QED) is 0.383. The lowest BCUT2D eigenvalue weighted by atomic mass is 10.1. The van der Waals surface area contributed by atoms with Gasteiger partial charge in [-0.25, -0.2) is 9.37 Å². The van der Waals surface area contributed by atoms with Gasteiger partial charge in [-0.3, -0.25) is 5.43 Å². The average Bonchev–Trinajstić information content (AvgIpc) is 3.19. The first-order valence-electron chi connectivity index (χ1n) is 8.17. The molecule has 6 heteroatoms. The van der Waals surface area contributed by atoms with Crippen molar-refractivity contribution in [2.75, 3.05) is 5.43 Å². The van der Waals surface area contributed by atoms with E-state index in [4.69, 9.17) is 0 Å². The molecule has 1 N–H and O–H groups in total. The number of anilines is 1. The van der Waals surface area contributed by atoms with Gasteiger partial charge in [-0.2, -0.15) is 10.4 Å². The third kappa shape index (κ3) is 3.68. The second-order valence-corrected chi connectivity index (χ2v) is 6.65. The number of thiazole rings is 1. The van der Waals surface area contributed by atoms with E-state index in [0.29, 0.717) is 10.7 Å². The summed E-state index contributed by atoms with van der Waals surface area (Å²) < 4.78 is 13.0. The average molecular weight is 372 g/mol. The van der Waals surface area contributed by atoms with Gasteiger partial charge in [0.05, 0.1) is 11.4 Å². The summed E-state index contributed by atoms with van der Waals surface area (Å²) >= 11 is 1.36. The fourth-order valence-corrected chi connectivity index (χ4v) is 3.40. The van der Waals surface area contributed by atoms with Gasteiger partial charge in [0.25, 0.3) is 0 Å². The monoisotopic (exact) mass is 372 g/mol. The molecule has 0 unspecified atom stereocenters. The highest BCUT2D eigenvalue weighted by Gasteiger charge is 2.11. The number of fused-ring (bicyclic) bond motifs is 1. The Morgan fingerprint density at radius 1 is 1.04 bits per heavy atom. The molecule has 27 heavy (non-hydrogen) atoms. The number of hydrazone groups is 1. The molecule has 1 heterocycles. The molecule has 0 radical (unpaired) electrons. The van der Waals surface area contributed by atoms with Crippen LogP contribution in [0, 0.1) is 17.1 Å². The van der Waals surface area contributed by atoms with Crippen LogP contribution >= 0.6 is 11.3 Å². The van der Waals surface area contributed by atoms with Crippen LogP contribution < -0.4 is 5.43 Å². The number of hydrogen-bond donors (Lipinski definition) is 1. The normalized spacial score (nSPS) is 11.3. The third-order valence-electron chi connectivity index (χ3n) is 4.00. The molecule has 4 rings (SSSR count). The zero-order chi connectivity index (χ0) is 18.6. The maximum Gasteiger partial charge on any atom is 0.196 e. The first kappa shape index (κ1) is 16.9. The number of aromatic nitrogens is 1. The molecule has 0 bridgehead atoms. The molecule has 0 amide bonds. The van der Waals surface area contributed by atoms with Gasteiger partial charge in [0.15, 0.2) is 10.7 Å². The minimum Gasteiger partial charge on any atom is -0.277 e. The zero-order valence-electron chi connectivity index (χ0n) is 14.1. The molecule has 0 saturated carbocycles. The van der Waals surface area contributed by atoms with E-state index in [1.807, 2.05) is 23.6 Å². The van der Waals surface area contributed by atoms with Crippen molar-refractivity contribution in [2.45, 2.75) is 0 Å². The van der Waals surface area contributed by atoms with Gasteiger partial charge in [0, 0.05) is 10.9 Å². The van der Waals surface area contributed by atoms with Crippen molar-refractivity contribution in [1.29, 1.82) is 5.26 Å². The van der Waals surface area contributed by atoms with Gasteiger partial charge in [0.1, 0.15) is 11.9 Å².